The summed E-state index contributed by atoms with van der Waals surface area (Å²) in [6.07, 6.45) is 0.0115. The van der Waals surface area contributed by atoms with Gasteiger partial charge >= 0.3 is 16.1 Å². The first-order chi connectivity index (χ1) is 17.7. The Morgan fingerprint density at radius 2 is 2.00 bits per heavy atom. The number of hydrogen-bond acceptors (Lipinski definition) is 8. The van der Waals surface area contributed by atoms with E-state index in [2.05, 4.69) is 19.7 Å². The van der Waals surface area contributed by atoms with Gasteiger partial charge in [0.2, 0.25) is 5.96 Å². The van der Waals surface area contributed by atoms with Crippen molar-refractivity contribution in [3.05, 3.63) is 52.9 Å². The molecular weight excluding hydrogens is 524 g/mol. The van der Waals surface area contributed by atoms with Gasteiger partial charge in [0.05, 0.1) is 18.3 Å². The monoisotopic (exact) mass is 553 g/mol. The van der Waals surface area contributed by atoms with Gasteiger partial charge < -0.3 is 26.3 Å². The summed E-state index contributed by atoms with van der Waals surface area (Å²) >= 11 is 0. The van der Waals surface area contributed by atoms with Crippen LogP contribution in [0.3, 0.4) is 0 Å². The van der Waals surface area contributed by atoms with Crippen LogP contribution in [0.4, 0.5) is 13.6 Å². The Balaban J connectivity index is 1.55. The highest BCUT2D eigenvalue weighted by atomic mass is 32.2. The topological polar surface area (TPSA) is 175 Å². The SMILES string of the molecule is CC(C)(C)OC(=O)N[C@H]1C[C@@H](N2Cc3cnc(S(=O)(=O)N=C(N)N)nc3C2)CO[C@@H]1c1cc(F)ccc1F. The molecule has 2 aromatic rings. The molecule has 0 bridgehead atoms. The smallest absolute Gasteiger partial charge is 0.407 e. The molecule has 1 fully saturated rings. The first kappa shape index (κ1) is 27.6. The molecule has 3 heterocycles. The predicted octanol–water partition coefficient (Wildman–Crippen LogP) is 1.46. The second-order valence-electron chi connectivity index (χ2n) is 10.1. The molecule has 1 saturated heterocycles. The molecule has 0 radical (unpaired) electrons. The predicted molar refractivity (Wildman–Crippen MR) is 131 cm³/mol. The summed E-state index contributed by atoms with van der Waals surface area (Å²) in [6.45, 7) is 5.90. The molecule has 2 aliphatic rings. The fraction of sp³-hybridized carbons (Fsp3) is 0.478. The van der Waals surface area contributed by atoms with Crippen LogP contribution in [0.2, 0.25) is 0 Å². The fourth-order valence-electron chi connectivity index (χ4n) is 4.42. The van der Waals surface area contributed by atoms with Gasteiger partial charge in [-0.15, -0.1) is 4.40 Å². The minimum atomic E-state index is -4.26. The second kappa shape index (κ2) is 10.4. The maximum atomic E-state index is 14.6. The average Bonchev–Trinajstić information content (AvgIpc) is 3.22. The number of ether oxygens (including phenoxy) is 2. The zero-order chi connectivity index (χ0) is 27.8. The van der Waals surface area contributed by atoms with Crippen LogP contribution in [0.15, 0.2) is 34.0 Å². The summed E-state index contributed by atoms with van der Waals surface area (Å²) in [7, 11) is -4.26. The standard InChI is InChI=1S/C23H29F2N7O5S/c1-23(2,3)37-22(33)30-17-7-14(11-36-19(17)15-6-13(24)4-5-16(15)25)32-9-12-8-28-21(29-18(12)10-32)38(34,35)31-20(26)27/h4-6,8,14,17,19H,7,9-11H2,1-3H3,(H,30,33)(H4,26,27,31)/t14-,17+,19-/m1/s1. The summed E-state index contributed by atoms with van der Waals surface area (Å²) in [5, 5.41) is 2.21. The van der Waals surface area contributed by atoms with Crippen molar-refractivity contribution in [1.82, 2.24) is 20.2 Å². The summed E-state index contributed by atoms with van der Waals surface area (Å²) in [5.74, 6) is -1.93. The van der Waals surface area contributed by atoms with Gasteiger partial charge in [-0.2, -0.15) is 8.42 Å². The number of amides is 1. The van der Waals surface area contributed by atoms with E-state index in [4.69, 9.17) is 20.9 Å². The Morgan fingerprint density at radius 3 is 2.68 bits per heavy atom. The zero-order valence-electron chi connectivity index (χ0n) is 21.0. The largest absolute Gasteiger partial charge is 0.444 e. The number of hydrogen-bond donors (Lipinski definition) is 3. The van der Waals surface area contributed by atoms with E-state index >= 15 is 0 Å². The van der Waals surface area contributed by atoms with E-state index in [1.165, 1.54) is 6.20 Å². The van der Waals surface area contributed by atoms with Crippen molar-refractivity contribution in [2.24, 2.45) is 15.9 Å². The van der Waals surface area contributed by atoms with Crippen LogP contribution < -0.4 is 16.8 Å². The molecule has 1 aromatic heterocycles. The highest BCUT2D eigenvalue weighted by Crippen LogP contribution is 2.35. The number of nitrogens with one attached hydrogen (secondary N) is 1. The Morgan fingerprint density at radius 1 is 1.26 bits per heavy atom. The van der Waals surface area contributed by atoms with Crippen LogP contribution in [-0.2, 0) is 32.6 Å². The number of aromatic nitrogens is 2. The molecule has 0 aliphatic carbocycles. The molecule has 15 heteroatoms. The van der Waals surface area contributed by atoms with Crippen molar-refractivity contribution in [2.75, 3.05) is 6.61 Å². The molecule has 38 heavy (non-hydrogen) atoms. The van der Waals surface area contributed by atoms with Crippen LogP contribution in [0.5, 0.6) is 0 Å². The summed E-state index contributed by atoms with van der Waals surface area (Å²) in [5.41, 5.74) is 10.8. The van der Waals surface area contributed by atoms with Crippen LogP contribution in [-0.4, -0.2) is 59.6 Å². The van der Waals surface area contributed by atoms with E-state index in [0.717, 1.165) is 18.2 Å². The molecule has 12 nitrogen and oxygen atoms in total. The van der Waals surface area contributed by atoms with E-state index in [-0.39, 0.29) is 24.8 Å². The molecule has 5 N–H and O–H groups in total. The van der Waals surface area contributed by atoms with Crippen LogP contribution in [0.25, 0.3) is 0 Å². The van der Waals surface area contributed by atoms with Gasteiger partial charge in [0, 0.05) is 36.5 Å². The molecule has 1 aromatic carbocycles. The molecule has 0 unspecified atom stereocenters. The summed E-state index contributed by atoms with van der Waals surface area (Å²) in [4.78, 5) is 22.6. The van der Waals surface area contributed by atoms with E-state index in [0.29, 0.717) is 24.2 Å². The van der Waals surface area contributed by atoms with Gasteiger partial charge in [0.1, 0.15) is 23.3 Å². The number of halogens is 2. The quantitative estimate of drug-likeness (QED) is 0.279. The van der Waals surface area contributed by atoms with Crippen molar-refractivity contribution in [2.45, 2.75) is 69.2 Å². The zero-order valence-corrected chi connectivity index (χ0v) is 21.8. The van der Waals surface area contributed by atoms with Crippen molar-refractivity contribution >= 4 is 22.1 Å². The van der Waals surface area contributed by atoms with Crippen LogP contribution in [0, 0.1) is 11.6 Å². The number of guanidine groups is 1. The number of benzene rings is 1. The normalized spacial score (nSPS) is 22.0. The number of carbonyl (C=O) groups excluding carboxylic acids is 1. The van der Waals surface area contributed by atoms with E-state index in [1.54, 1.807) is 20.8 Å². The van der Waals surface area contributed by atoms with E-state index in [1.807, 2.05) is 4.90 Å². The molecule has 0 saturated carbocycles. The van der Waals surface area contributed by atoms with Gasteiger partial charge in [0.15, 0.2) is 0 Å². The van der Waals surface area contributed by atoms with E-state index < -0.39 is 56.6 Å². The molecule has 0 spiro atoms. The Bertz CT molecular complexity index is 1360. The van der Waals surface area contributed by atoms with Crippen molar-refractivity contribution in [1.29, 1.82) is 0 Å². The molecule has 206 valence electrons. The minimum absolute atomic E-state index is 0.0188. The average molecular weight is 554 g/mol. The number of rotatable bonds is 5. The first-order valence-electron chi connectivity index (χ1n) is 11.7. The Labute approximate surface area is 218 Å². The second-order valence-corrected chi connectivity index (χ2v) is 11.6. The lowest BCUT2D eigenvalue weighted by molar-refractivity contribution is -0.0628. The summed E-state index contributed by atoms with van der Waals surface area (Å²) in [6, 6.07) is 2.02. The molecule has 4 rings (SSSR count). The molecule has 3 atom stereocenters. The van der Waals surface area contributed by atoms with Crippen molar-refractivity contribution in [3.63, 3.8) is 0 Å². The van der Waals surface area contributed by atoms with Gasteiger partial charge in [-0.3, -0.25) is 4.90 Å². The first-order valence-corrected chi connectivity index (χ1v) is 13.2. The van der Waals surface area contributed by atoms with Crippen molar-refractivity contribution in [3.8, 4) is 0 Å². The van der Waals surface area contributed by atoms with E-state index in [9.17, 15) is 22.0 Å². The third kappa shape index (κ3) is 6.34. The molecule has 1 amide bonds. The third-order valence-electron chi connectivity index (χ3n) is 5.96. The highest BCUT2D eigenvalue weighted by Gasteiger charge is 2.40. The summed E-state index contributed by atoms with van der Waals surface area (Å²) < 4.78 is 67.7. The fourth-order valence-corrected chi connectivity index (χ4v) is 5.20. The lowest BCUT2D eigenvalue weighted by Crippen LogP contribution is -2.52. The van der Waals surface area contributed by atoms with Gasteiger partial charge in [-0.05, 0) is 45.4 Å². The Hall–Kier alpha value is -3.43. The molecular formula is C23H29F2N7O5S. The minimum Gasteiger partial charge on any atom is -0.444 e. The number of nitrogens with two attached hydrogens (primary N) is 2. The van der Waals surface area contributed by atoms with Crippen LogP contribution in [0.1, 0.15) is 50.1 Å². The number of alkyl carbamates (subject to hydrolysis) is 1. The number of fused-ring (bicyclic) bond motifs is 1. The van der Waals surface area contributed by atoms with Gasteiger partial charge in [-0.1, -0.05) is 0 Å². The number of nitrogens with zero attached hydrogens (tertiary/aromatic N) is 4. The maximum absolute atomic E-state index is 14.6. The number of carbonyl (C=O) groups is 1. The van der Waals surface area contributed by atoms with Crippen LogP contribution >= 0.6 is 0 Å². The van der Waals surface area contributed by atoms with Gasteiger partial charge in [0.25, 0.3) is 5.16 Å². The highest BCUT2D eigenvalue weighted by molar-refractivity contribution is 7.90. The number of sulfonamides is 1. The Kier molecular flexibility index (Phi) is 7.54. The third-order valence-corrected chi connectivity index (χ3v) is 7.07. The van der Waals surface area contributed by atoms with Gasteiger partial charge in [-0.25, -0.2) is 23.5 Å². The maximum Gasteiger partial charge on any atom is 0.407 e. The lowest BCUT2D eigenvalue weighted by Gasteiger charge is -2.40. The molecule has 2 aliphatic heterocycles. The lowest BCUT2D eigenvalue weighted by atomic mass is 9.92. The van der Waals surface area contributed by atoms with Crippen molar-refractivity contribution < 1.29 is 31.5 Å².